The van der Waals surface area contributed by atoms with Crippen LogP contribution in [0.4, 0.5) is 4.79 Å². The normalized spacial score (nSPS) is 31.4. The Kier molecular flexibility index (Phi) is 3.14. The molecule has 3 amide bonds. The second-order valence-electron chi connectivity index (χ2n) is 4.45. The lowest BCUT2D eigenvalue weighted by Crippen LogP contribution is -2.59. The third-order valence-electron chi connectivity index (χ3n) is 3.28. The summed E-state index contributed by atoms with van der Waals surface area (Å²) in [5.41, 5.74) is 0. The summed E-state index contributed by atoms with van der Waals surface area (Å²) in [5, 5.41) is 0. The third-order valence-corrected chi connectivity index (χ3v) is 3.28. The molecular weight excluding hydrogens is 208 g/mol. The van der Waals surface area contributed by atoms with Gasteiger partial charge >= 0.3 is 6.03 Å². The molecule has 90 valence electrons. The molecule has 0 aromatic carbocycles. The highest BCUT2D eigenvalue weighted by Crippen LogP contribution is 2.22. The molecule has 2 fully saturated rings. The Morgan fingerprint density at radius 1 is 1.44 bits per heavy atom. The molecule has 2 aliphatic heterocycles. The van der Waals surface area contributed by atoms with Crippen LogP contribution in [0.3, 0.4) is 0 Å². The van der Waals surface area contributed by atoms with Crippen LogP contribution in [-0.2, 0) is 9.53 Å². The maximum Gasteiger partial charge on any atom is 0.327 e. The highest BCUT2D eigenvalue weighted by Gasteiger charge is 2.41. The van der Waals surface area contributed by atoms with Crippen molar-refractivity contribution in [1.82, 2.24) is 9.80 Å². The van der Waals surface area contributed by atoms with Crippen molar-refractivity contribution < 1.29 is 14.3 Å². The quantitative estimate of drug-likeness (QED) is 0.696. The fourth-order valence-corrected chi connectivity index (χ4v) is 2.30. The molecule has 0 aromatic rings. The van der Waals surface area contributed by atoms with E-state index in [1.54, 1.807) is 4.90 Å². The van der Waals surface area contributed by atoms with E-state index in [0.29, 0.717) is 26.3 Å². The summed E-state index contributed by atoms with van der Waals surface area (Å²) < 4.78 is 5.25. The Morgan fingerprint density at radius 3 is 2.75 bits per heavy atom. The van der Waals surface area contributed by atoms with Gasteiger partial charge < -0.3 is 9.64 Å². The predicted molar refractivity (Wildman–Crippen MR) is 57.9 cm³/mol. The summed E-state index contributed by atoms with van der Waals surface area (Å²) in [7, 11) is 0. The van der Waals surface area contributed by atoms with Crippen LogP contribution < -0.4 is 0 Å². The first kappa shape index (κ1) is 11.4. The molecule has 16 heavy (non-hydrogen) atoms. The van der Waals surface area contributed by atoms with Crippen molar-refractivity contribution in [3.63, 3.8) is 0 Å². The first-order chi connectivity index (χ1) is 7.65. The zero-order valence-corrected chi connectivity index (χ0v) is 9.81. The van der Waals surface area contributed by atoms with Gasteiger partial charge in [0, 0.05) is 19.7 Å². The number of carbonyl (C=O) groups excluding carboxylic acids is 2. The van der Waals surface area contributed by atoms with Crippen molar-refractivity contribution in [3.05, 3.63) is 0 Å². The second-order valence-corrected chi connectivity index (χ2v) is 4.45. The van der Waals surface area contributed by atoms with Gasteiger partial charge in [-0.3, -0.25) is 9.69 Å². The van der Waals surface area contributed by atoms with Crippen LogP contribution in [0.1, 0.15) is 20.3 Å². The minimum atomic E-state index is -0.152. The molecule has 5 heteroatoms. The van der Waals surface area contributed by atoms with Gasteiger partial charge in [0.05, 0.1) is 18.6 Å². The number of hydrogen-bond acceptors (Lipinski definition) is 3. The number of ether oxygens (including phenoxy) is 1. The maximum atomic E-state index is 12.1. The summed E-state index contributed by atoms with van der Waals surface area (Å²) in [6.07, 6.45) is 0.766. The minimum absolute atomic E-state index is 0.0507. The Bertz CT molecular complexity index is 300. The fourth-order valence-electron chi connectivity index (χ4n) is 2.30. The Labute approximate surface area is 95.3 Å². The van der Waals surface area contributed by atoms with Crippen LogP contribution in [0.2, 0.25) is 0 Å². The van der Waals surface area contributed by atoms with Gasteiger partial charge in [0.2, 0.25) is 5.91 Å². The van der Waals surface area contributed by atoms with Crippen LogP contribution in [0.5, 0.6) is 0 Å². The van der Waals surface area contributed by atoms with Gasteiger partial charge in [0.15, 0.2) is 0 Å². The molecule has 2 aliphatic rings. The smallest absolute Gasteiger partial charge is 0.327 e. The van der Waals surface area contributed by atoms with E-state index in [1.165, 1.54) is 4.90 Å². The van der Waals surface area contributed by atoms with E-state index in [1.807, 2.05) is 13.8 Å². The number of hydrogen-bond donors (Lipinski definition) is 0. The van der Waals surface area contributed by atoms with Gasteiger partial charge in [-0.2, -0.15) is 0 Å². The highest BCUT2D eigenvalue weighted by atomic mass is 16.5. The van der Waals surface area contributed by atoms with Gasteiger partial charge in [-0.1, -0.05) is 6.92 Å². The number of amides is 3. The van der Waals surface area contributed by atoms with E-state index in [9.17, 15) is 9.59 Å². The third kappa shape index (κ3) is 1.80. The second kappa shape index (κ2) is 4.41. The summed E-state index contributed by atoms with van der Waals surface area (Å²) in [6.45, 7) is 6.13. The van der Waals surface area contributed by atoms with Crippen molar-refractivity contribution in [2.24, 2.45) is 5.92 Å². The van der Waals surface area contributed by atoms with E-state index < -0.39 is 0 Å². The van der Waals surface area contributed by atoms with Crippen molar-refractivity contribution in [1.29, 1.82) is 0 Å². The first-order valence-electron chi connectivity index (χ1n) is 5.84. The maximum absolute atomic E-state index is 12.1. The van der Waals surface area contributed by atoms with Gasteiger partial charge in [-0.05, 0) is 13.3 Å². The molecule has 0 aliphatic carbocycles. The largest absolute Gasteiger partial charge is 0.379 e. The number of urea groups is 1. The van der Waals surface area contributed by atoms with Crippen molar-refractivity contribution in [2.75, 3.05) is 26.3 Å². The minimum Gasteiger partial charge on any atom is -0.379 e. The molecule has 0 saturated carbocycles. The number of carbonyl (C=O) groups is 2. The molecule has 2 atom stereocenters. The number of rotatable bonds is 2. The van der Waals surface area contributed by atoms with Crippen LogP contribution in [0.15, 0.2) is 0 Å². The molecule has 0 aromatic heterocycles. The van der Waals surface area contributed by atoms with Gasteiger partial charge in [-0.25, -0.2) is 4.79 Å². The standard InChI is InChI=1S/C11H18N2O3/c1-3-12-6-8(2)10(14)13(11(12)15)9-4-5-16-7-9/h8-9H,3-7H2,1-2H3. The number of nitrogens with zero attached hydrogens (tertiary/aromatic N) is 2. The Balaban J connectivity index is 2.18. The molecule has 0 bridgehead atoms. The van der Waals surface area contributed by atoms with Crippen molar-refractivity contribution in [2.45, 2.75) is 26.3 Å². The van der Waals surface area contributed by atoms with E-state index in [-0.39, 0.29) is 23.9 Å². The van der Waals surface area contributed by atoms with E-state index >= 15 is 0 Å². The lowest BCUT2D eigenvalue weighted by molar-refractivity contribution is -0.137. The molecule has 0 N–H and O–H groups in total. The Morgan fingerprint density at radius 2 is 2.19 bits per heavy atom. The molecule has 0 spiro atoms. The topological polar surface area (TPSA) is 49.9 Å². The highest BCUT2D eigenvalue weighted by molar-refractivity contribution is 5.98. The molecular formula is C11H18N2O3. The van der Waals surface area contributed by atoms with Gasteiger partial charge in [-0.15, -0.1) is 0 Å². The molecule has 5 nitrogen and oxygen atoms in total. The number of imide groups is 1. The summed E-state index contributed by atoms with van der Waals surface area (Å²) >= 11 is 0. The van der Waals surface area contributed by atoms with E-state index in [4.69, 9.17) is 4.74 Å². The van der Waals surface area contributed by atoms with E-state index in [2.05, 4.69) is 0 Å². The lowest BCUT2D eigenvalue weighted by atomic mass is 10.0. The first-order valence-corrected chi connectivity index (χ1v) is 5.84. The predicted octanol–water partition coefficient (Wildman–Crippen LogP) is 0.695. The summed E-state index contributed by atoms with van der Waals surface area (Å²) in [5.74, 6) is -0.150. The van der Waals surface area contributed by atoms with Gasteiger partial charge in [0.1, 0.15) is 0 Å². The van der Waals surface area contributed by atoms with E-state index in [0.717, 1.165) is 6.42 Å². The van der Waals surface area contributed by atoms with Crippen LogP contribution in [-0.4, -0.2) is 54.1 Å². The lowest BCUT2D eigenvalue weighted by Gasteiger charge is -2.39. The molecule has 2 rings (SSSR count). The molecule has 0 radical (unpaired) electrons. The SMILES string of the molecule is CCN1CC(C)C(=O)N(C2CCOC2)C1=O. The molecule has 2 saturated heterocycles. The van der Waals surface area contributed by atoms with Crippen LogP contribution >= 0.6 is 0 Å². The average molecular weight is 226 g/mol. The summed E-state index contributed by atoms with van der Waals surface area (Å²) in [4.78, 5) is 27.2. The van der Waals surface area contributed by atoms with Crippen molar-refractivity contribution >= 4 is 11.9 Å². The van der Waals surface area contributed by atoms with Crippen LogP contribution in [0, 0.1) is 5.92 Å². The molecule has 2 unspecified atom stereocenters. The monoisotopic (exact) mass is 226 g/mol. The Hall–Kier alpha value is -1.10. The zero-order valence-electron chi connectivity index (χ0n) is 9.81. The van der Waals surface area contributed by atoms with Crippen LogP contribution in [0.25, 0.3) is 0 Å². The summed E-state index contributed by atoms with van der Waals surface area (Å²) in [6, 6.07) is -0.210. The van der Waals surface area contributed by atoms with Gasteiger partial charge in [0.25, 0.3) is 0 Å². The fraction of sp³-hybridized carbons (Fsp3) is 0.818. The molecule has 2 heterocycles. The average Bonchev–Trinajstić information content (AvgIpc) is 2.77. The zero-order chi connectivity index (χ0) is 11.7. The van der Waals surface area contributed by atoms with Crippen molar-refractivity contribution in [3.8, 4) is 0 Å².